The maximum absolute atomic E-state index is 13.7. The van der Waals surface area contributed by atoms with Gasteiger partial charge in [-0.1, -0.05) is 42.5 Å². The van der Waals surface area contributed by atoms with Crippen molar-refractivity contribution < 1.29 is 23.5 Å². The number of fused-ring (bicyclic) bond motifs is 1. The van der Waals surface area contributed by atoms with Gasteiger partial charge in [-0.3, -0.25) is 9.59 Å². The number of halogens is 1. The minimum atomic E-state index is -0.625. The van der Waals surface area contributed by atoms with Crippen molar-refractivity contribution in [1.29, 1.82) is 0 Å². The third-order valence-electron chi connectivity index (χ3n) is 6.27. The highest BCUT2D eigenvalue weighted by molar-refractivity contribution is 6.01. The number of amides is 2. The molecule has 0 aromatic heterocycles. The summed E-state index contributed by atoms with van der Waals surface area (Å²) in [4.78, 5) is 29.1. The molecule has 0 unspecified atom stereocenters. The molecule has 1 aliphatic heterocycles. The average Bonchev–Trinajstić information content (AvgIpc) is 2.89. The first kappa shape index (κ1) is 24.4. The molecule has 1 N–H and O–H groups in total. The van der Waals surface area contributed by atoms with Crippen molar-refractivity contribution in [3.8, 4) is 5.75 Å². The molecule has 0 saturated heterocycles. The van der Waals surface area contributed by atoms with E-state index in [1.54, 1.807) is 43.4 Å². The molecule has 35 heavy (non-hydrogen) atoms. The second kappa shape index (κ2) is 11.1. The van der Waals surface area contributed by atoms with Crippen LogP contribution in [0.25, 0.3) is 0 Å². The van der Waals surface area contributed by atoms with E-state index in [-0.39, 0.29) is 24.2 Å². The van der Waals surface area contributed by atoms with Crippen molar-refractivity contribution >= 4 is 11.8 Å². The van der Waals surface area contributed by atoms with Gasteiger partial charge < -0.3 is 19.7 Å². The molecule has 182 valence electrons. The summed E-state index contributed by atoms with van der Waals surface area (Å²) < 4.78 is 24.0. The van der Waals surface area contributed by atoms with Crippen LogP contribution in [0.5, 0.6) is 5.75 Å². The molecule has 2 atom stereocenters. The van der Waals surface area contributed by atoms with Gasteiger partial charge in [-0.05, 0) is 53.4 Å². The van der Waals surface area contributed by atoms with E-state index < -0.39 is 12.0 Å². The quantitative estimate of drug-likeness (QED) is 0.463. The second-order valence-electron chi connectivity index (χ2n) is 8.48. The molecular formula is C28H29FN2O4. The lowest BCUT2D eigenvalue weighted by atomic mass is 9.79. The molecule has 7 heteroatoms. The van der Waals surface area contributed by atoms with Crippen LogP contribution >= 0.6 is 0 Å². The highest BCUT2D eigenvalue weighted by Gasteiger charge is 2.44. The molecule has 4 rings (SSSR count). The van der Waals surface area contributed by atoms with Gasteiger partial charge in [-0.15, -0.1) is 0 Å². The Hall–Kier alpha value is -3.71. The maximum Gasteiger partial charge on any atom is 0.255 e. The Kier molecular flexibility index (Phi) is 7.77. The van der Waals surface area contributed by atoms with Gasteiger partial charge in [-0.2, -0.15) is 0 Å². The number of nitrogens with one attached hydrogen (secondary N) is 1. The SMILES string of the molecule is COCCCNC(=O)[C@@H]1c2ccccc2C(=O)N(Cc2ccc(F)cc2)[C@@H]1c1ccc(OC)cc1. The minimum absolute atomic E-state index is 0.161. The molecular weight excluding hydrogens is 447 g/mol. The van der Waals surface area contributed by atoms with Crippen molar-refractivity contribution in [3.63, 3.8) is 0 Å². The van der Waals surface area contributed by atoms with Crippen LogP contribution in [0.2, 0.25) is 0 Å². The summed E-state index contributed by atoms with van der Waals surface area (Å²) in [6.07, 6.45) is 0.683. The number of ether oxygens (including phenoxy) is 2. The Morgan fingerprint density at radius 2 is 1.71 bits per heavy atom. The topological polar surface area (TPSA) is 67.9 Å². The highest BCUT2D eigenvalue weighted by Crippen LogP contribution is 2.44. The molecule has 0 aliphatic carbocycles. The molecule has 3 aromatic carbocycles. The summed E-state index contributed by atoms with van der Waals surface area (Å²) in [6, 6.07) is 20.2. The summed E-state index contributed by atoms with van der Waals surface area (Å²) in [5.74, 6) is -0.619. The number of nitrogens with zero attached hydrogens (tertiary/aromatic N) is 1. The molecule has 0 radical (unpaired) electrons. The first-order chi connectivity index (χ1) is 17.0. The normalized spacial score (nSPS) is 17.1. The zero-order valence-corrected chi connectivity index (χ0v) is 19.9. The van der Waals surface area contributed by atoms with Crippen LogP contribution in [0.4, 0.5) is 4.39 Å². The fourth-order valence-electron chi connectivity index (χ4n) is 4.55. The number of methoxy groups -OCH3 is 2. The number of benzene rings is 3. The fourth-order valence-corrected chi connectivity index (χ4v) is 4.55. The van der Waals surface area contributed by atoms with E-state index in [9.17, 15) is 14.0 Å². The lowest BCUT2D eigenvalue weighted by Gasteiger charge is -2.42. The van der Waals surface area contributed by atoms with Gasteiger partial charge >= 0.3 is 0 Å². The predicted octanol–water partition coefficient (Wildman–Crippen LogP) is 4.47. The van der Waals surface area contributed by atoms with Gasteiger partial charge in [0.2, 0.25) is 5.91 Å². The lowest BCUT2D eigenvalue weighted by Crippen LogP contribution is -2.47. The van der Waals surface area contributed by atoms with Crippen molar-refractivity contribution in [3.05, 3.63) is 101 Å². The molecule has 0 fully saturated rings. The van der Waals surface area contributed by atoms with Crippen molar-refractivity contribution in [2.45, 2.75) is 24.9 Å². The number of rotatable bonds is 9. The number of hydrogen-bond acceptors (Lipinski definition) is 4. The van der Waals surface area contributed by atoms with Gasteiger partial charge in [-0.25, -0.2) is 4.39 Å². The van der Waals surface area contributed by atoms with E-state index in [2.05, 4.69) is 5.32 Å². The van der Waals surface area contributed by atoms with Gasteiger partial charge in [0.25, 0.3) is 5.91 Å². The summed E-state index contributed by atoms with van der Waals surface area (Å²) in [5.41, 5.74) is 2.78. The molecule has 3 aromatic rings. The Morgan fingerprint density at radius 3 is 2.40 bits per heavy atom. The second-order valence-corrected chi connectivity index (χ2v) is 8.48. The van der Waals surface area contributed by atoms with Gasteiger partial charge in [0.1, 0.15) is 11.6 Å². The van der Waals surface area contributed by atoms with Gasteiger partial charge in [0, 0.05) is 32.4 Å². The number of carbonyl (C=O) groups excluding carboxylic acids is 2. The predicted molar refractivity (Wildman–Crippen MR) is 131 cm³/mol. The number of hydrogen-bond donors (Lipinski definition) is 1. The van der Waals surface area contributed by atoms with Gasteiger partial charge in [0.15, 0.2) is 0 Å². The molecule has 0 bridgehead atoms. The summed E-state index contributed by atoms with van der Waals surface area (Å²) in [5, 5.41) is 3.03. The van der Waals surface area contributed by atoms with Crippen LogP contribution in [0.1, 0.15) is 45.4 Å². The molecule has 2 amide bonds. The van der Waals surface area contributed by atoms with Crippen molar-refractivity contribution in [1.82, 2.24) is 10.2 Å². The van der Waals surface area contributed by atoms with Crippen LogP contribution in [-0.4, -0.2) is 44.1 Å². The minimum Gasteiger partial charge on any atom is -0.497 e. The van der Waals surface area contributed by atoms with Crippen LogP contribution in [-0.2, 0) is 16.1 Å². The smallest absolute Gasteiger partial charge is 0.255 e. The standard InChI is InChI=1S/C28H29FN2O4/c1-34-17-5-16-30-27(32)25-23-6-3-4-7-24(23)28(33)31(18-19-8-12-21(29)13-9-19)26(25)20-10-14-22(35-2)15-11-20/h3-4,6-15,25-26H,5,16-18H2,1-2H3,(H,30,32)/t25-,26-/m1/s1. The highest BCUT2D eigenvalue weighted by atomic mass is 19.1. The lowest BCUT2D eigenvalue weighted by molar-refractivity contribution is -0.124. The first-order valence-electron chi connectivity index (χ1n) is 11.6. The summed E-state index contributed by atoms with van der Waals surface area (Å²) >= 11 is 0. The van der Waals surface area contributed by atoms with E-state index in [0.29, 0.717) is 36.4 Å². The summed E-state index contributed by atoms with van der Waals surface area (Å²) in [6.45, 7) is 1.24. The van der Waals surface area contributed by atoms with Crippen LogP contribution in [0.3, 0.4) is 0 Å². The maximum atomic E-state index is 13.7. The van der Waals surface area contributed by atoms with Crippen molar-refractivity contribution in [2.75, 3.05) is 27.4 Å². The van der Waals surface area contributed by atoms with E-state index in [4.69, 9.17) is 9.47 Å². The average molecular weight is 477 g/mol. The van der Waals surface area contributed by atoms with Crippen molar-refractivity contribution in [2.24, 2.45) is 0 Å². The van der Waals surface area contributed by atoms with E-state index in [0.717, 1.165) is 11.1 Å². The zero-order valence-electron chi connectivity index (χ0n) is 19.9. The Morgan fingerprint density at radius 1 is 1.00 bits per heavy atom. The molecule has 0 saturated carbocycles. The summed E-state index contributed by atoms with van der Waals surface area (Å²) in [7, 11) is 3.21. The van der Waals surface area contributed by atoms with Crippen LogP contribution < -0.4 is 10.1 Å². The van der Waals surface area contributed by atoms with E-state index in [1.807, 2.05) is 36.4 Å². The molecule has 0 spiro atoms. The Bertz CT molecular complexity index is 1160. The Labute approximate surface area is 204 Å². The fraction of sp³-hybridized carbons (Fsp3) is 0.286. The van der Waals surface area contributed by atoms with E-state index in [1.165, 1.54) is 12.1 Å². The zero-order chi connectivity index (χ0) is 24.8. The third kappa shape index (κ3) is 5.35. The molecule has 1 aliphatic rings. The molecule has 6 nitrogen and oxygen atoms in total. The monoisotopic (exact) mass is 476 g/mol. The van der Waals surface area contributed by atoms with Crippen LogP contribution in [0.15, 0.2) is 72.8 Å². The largest absolute Gasteiger partial charge is 0.497 e. The van der Waals surface area contributed by atoms with E-state index >= 15 is 0 Å². The molecule has 1 heterocycles. The third-order valence-corrected chi connectivity index (χ3v) is 6.27. The Balaban J connectivity index is 1.79. The van der Waals surface area contributed by atoms with Gasteiger partial charge in [0.05, 0.1) is 19.1 Å². The van der Waals surface area contributed by atoms with Crippen LogP contribution in [0, 0.1) is 5.82 Å². The first-order valence-corrected chi connectivity index (χ1v) is 11.6. The number of carbonyl (C=O) groups is 2.